The zero-order chi connectivity index (χ0) is 26.2. The van der Waals surface area contributed by atoms with Crippen LogP contribution in [0.4, 0.5) is 0 Å². The maximum atomic E-state index is 13.7. The summed E-state index contributed by atoms with van der Waals surface area (Å²) in [5.74, 6) is 0.204. The van der Waals surface area contributed by atoms with Crippen LogP contribution in [0.1, 0.15) is 41.7 Å². The Morgan fingerprint density at radius 2 is 1.64 bits per heavy atom. The Morgan fingerprint density at radius 1 is 0.944 bits per heavy atom. The van der Waals surface area contributed by atoms with Gasteiger partial charge in [-0.3, -0.25) is 9.59 Å². The van der Waals surface area contributed by atoms with Crippen LogP contribution >= 0.6 is 11.6 Å². The highest BCUT2D eigenvalue weighted by Gasteiger charge is 2.31. The second-order valence-electron chi connectivity index (χ2n) is 9.51. The lowest BCUT2D eigenvalue weighted by molar-refractivity contribution is -0.143. The maximum absolute atomic E-state index is 13.7. The van der Waals surface area contributed by atoms with Crippen molar-refractivity contribution < 1.29 is 14.3 Å². The first kappa shape index (κ1) is 27.3. The number of aryl methyl sites for hydroxylation is 2. The Hall–Kier alpha value is -3.31. The first-order chi connectivity index (χ1) is 17.1. The summed E-state index contributed by atoms with van der Waals surface area (Å²) < 4.78 is 6.01. The standard InChI is InChI=1S/C30H35ClN2O3/c1-20(2)32-30(35)27(17-24-10-7-6-8-11-24)33(18-25-12-9-13-26(31)16-25)29(34)19-36-28-15-21(3)14-22(4)23(28)5/h6-16,20,27H,17-19H2,1-5H3,(H,32,35)/t27-/m1/s1. The Bertz CT molecular complexity index is 1190. The van der Waals surface area contributed by atoms with Crippen LogP contribution in [-0.4, -0.2) is 35.4 Å². The summed E-state index contributed by atoms with van der Waals surface area (Å²) >= 11 is 6.23. The second kappa shape index (κ2) is 12.6. The zero-order valence-electron chi connectivity index (χ0n) is 21.7. The first-order valence-corrected chi connectivity index (χ1v) is 12.6. The molecule has 0 heterocycles. The van der Waals surface area contributed by atoms with Crippen molar-refractivity contribution in [3.05, 3.63) is 99.6 Å². The Balaban J connectivity index is 1.94. The number of halogens is 1. The minimum atomic E-state index is -0.717. The van der Waals surface area contributed by atoms with Crippen LogP contribution < -0.4 is 10.1 Å². The molecular weight excluding hydrogens is 472 g/mol. The largest absolute Gasteiger partial charge is 0.483 e. The molecule has 0 unspecified atom stereocenters. The predicted octanol–water partition coefficient (Wildman–Crippen LogP) is 5.81. The fourth-order valence-corrected chi connectivity index (χ4v) is 4.35. The van der Waals surface area contributed by atoms with Crippen LogP contribution in [0.15, 0.2) is 66.7 Å². The molecule has 0 fully saturated rings. The van der Waals surface area contributed by atoms with Gasteiger partial charge in [-0.15, -0.1) is 0 Å². The average molecular weight is 507 g/mol. The van der Waals surface area contributed by atoms with Gasteiger partial charge in [-0.05, 0) is 80.6 Å². The summed E-state index contributed by atoms with van der Waals surface area (Å²) in [5, 5.41) is 3.57. The van der Waals surface area contributed by atoms with Gasteiger partial charge in [0.2, 0.25) is 5.91 Å². The van der Waals surface area contributed by atoms with Crippen LogP contribution in [0.3, 0.4) is 0 Å². The molecule has 2 amide bonds. The zero-order valence-corrected chi connectivity index (χ0v) is 22.4. The summed E-state index contributed by atoms with van der Waals surface area (Å²) in [7, 11) is 0. The molecule has 0 aromatic heterocycles. The topological polar surface area (TPSA) is 58.6 Å². The molecule has 3 aromatic carbocycles. The number of nitrogens with one attached hydrogen (secondary N) is 1. The summed E-state index contributed by atoms with van der Waals surface area (Å²) in [6, 6.07) is 20.3. The van der Waals surface area contributed by atoms with Gasteiger partial charge in [0.05, 0.1) is 0 Å². The minimum absolute atomic E-state index is 0.0620. The third-order valence-corrected chi connectivity index (χ3v) is 6.29. The number of hydrogen-bond acceptors (Lipinski definition) is 3. The Labute approximate surface area is 219 Å². The monoisotopic (exact) mass is 506 g/mol. The van der Waals surface area contributed by atoms with Crippen molar-refractivity contribution in [2.24, 2.45) is 0 Å². The van der Waals surface area contributed by atoms with E-state index in [1.54, 1.807) is 11.0 Å². The number of carbonyl (C=O) groups is 2. The molecule has 6 heteroatoms. The van der Waals surface area contributed by atoms with Crippen LogP contribution in [0, 0.1) is 20.8 Å². The van der Waals surface area contributed by atoms with Gasteiger partial charge in [0, 0.05) is 24.0 Å². The van der Waals surface area contributed by atoms with E-state index in [4.69, 9.17) is 16.3 Å². The quantitative estimate of drug-likeness (QED) is 0.377. The molecule has 0 bridgehead atoms. The Morgan fingerprint density at radius 3 is 2.31 bits per heavy atom. The van der Waals surface area contributed by atoms with E-state index in [-0.39, 0.29) is 31.0 Å². The van der Waals surface area contributed by atoms with E-state index >= 15 is 0 Å². The lowest BCUT2D eigenvalue weighted by Gasteiger charge is -2.32. The van der Waals surface area contributed by atoms with Crippen LogP contribution in [0.2, 0.25) is 5.02 Å². The summed E-state index contributed by atoms with van der Waals surface area (Å²) in [6.07, 6.45) is 0.383. The van der Waals surface area contributed by atoms with Gasteiger partial charge in [-0.1, -0.05) is 60.1 Å². The van der Waals surface area contributed by atoms with Gasteiger partial charge in [0.1, 0.15) is 11.8 Å². The number of carbonyl (C=O) groups excluding carboxylic acids is 2. The highest BCUT2D eigenvalue weighted by atomic mass is 35.5. The molecular formula is C30H35ClN2O3. The molecule has 1 atom stereocenters. The number of rotatable bonds is 10. The lowest BCUT2D eigenvalue weighted by atomic mass is 10.0. The number of nitrogens with zero attached hydrogens (tertiary/aromatic N) is 1. The predicted molar refractivity (Wildman–Crippen MR) is 145 cm³/mol. The molecule has 1 N–H and O–H groups in total. The highest BCUT2D eigenvalue weighted by Crippen LogP contribution is 2.24. The van der Waals surface area contributed by atoms with Gasteiger partial charge in [0.25, 0.3) is 5.91 Å². The summed E-state index contributed by atoms with van der Waals surface area (Å²) in [4.78, 5) is 28.7. The van der Waals surface area contributed by atoms with Gasteiger partial charge in [-0.25, -0.2) is 0 Å². The molecule has 0 radical (unpaired) electrons. The molecule has 3 aromatic rings. The first-order valence-electron chi connectivity index (χ1n) is 12.2. The normalized spacial score (nSPS) is 11.8. The van der Waals surface area contributed by atoms with Gasteiger partial charge in [0.15, 0.2) is 6.61 Å². The average Bonchev–Trinajstić information content (AvgIpc) is 2.82. The van der Waals surface area contributed by atoms with E-state index in [0.29, 0.717) is 17.2 Å². The molecule has 5 nitrogen and oxygen atoms in total. The van der Waals surface area contributed by atoms with Crippen molar-refractivity contribution in [2.75, 3.05) is 6.61 Å². The van der Waals surface area contributed by atoms with E-state index in [2.05, 4.69) is 11.4 Å². The fraction of sp³-hybridized carbons (Fsp3) is 0.333. The van der Waals surface area contributed by atoms with Crippen molar-refractivity contribution in [3.63, 3.8) is 0 Å². The molecule has 36 heavy (non-hydrogen) atoms. The van der Waals surface area contributed by atoms with E-state index in [9.17, 15) is 9.59 Å². The molecule has 190 valence electrons. The van der Waals surface area contributed by atoms with Crippen LogP contribution in [0.5, 0.6) is 5.75 Å². The van der Waals surface area contributed by atoms with E-state index in [1.165, 1.54) is 0 Å². The second-order valence-corrected chi connectivity index (χ2v) is 9.95. The van der Waals surface area contributed by atoms with Crippen LogP contribution in [-0.2, 0) is 22.6 Å². The molecule has 0 saturated carbocycles. The van der Waals surface area contributed by atoms with Crippen molar-refractivity contribution in [3.8, 4) is 5.75 Å². The lowest BCUT2D eigenvalue weighted by Crippen LogP contribution is -2.52. The summed E-state index contributed by atoms with van der Waals surface area (Å²) in [6.45, 7) is 9.88. The van der Waals surface area contributed by atoms with Gasteiger partial charge in [-0.2, -0.15) is 0 Å². The number of amides is 2. The maximum Gasteiger partial charge on any atom is 0.261 e. The molecule has 0 spiro atoms. The van der Waals surface area contributed by atoms with Crippen molar-refractivity contribution >= 4 is 23.4 Å². The SMILES string of the molecule is Cc1cc(C)c(C)c(OCC(=O)N(Cc2cccc(Cl)c2)[C@H](Cc2ccccc2)C(=O)NC(C)C)c1. The smallest absolute Gasteiger partial charge is 0.261 e. The minimum Gasteiger partial charge on any atom is -0.483 e. The molecule has 0 aliphatic carbocycles. The van der Waals surface area contributed by atoms with Gasteiger partial charge < -0.3 is 15.0 Å². The third-order valence-electron chi connectivity index (χ3n) is 6.06. The number of ether oxygens (including phenoxy) is 1. The molecule has 0 aliphatic heterocycles. The number of hydrogen-bond donors (Lipinski definition) is 1. The number of benzene rings is 3. The summed E-state index contributed by atoms with van der Waals surface area (Å²) in [5.41, 5.74) is 4.97. The van der Waals surface area contributed by atoms with E-state index in [1.807, 2.05) is 89.2 Å². The van der Waals surface area contributed by atoms with Crippen LogP contribution in [0.25, 0.3) is 0 Å². The Kier molecular flexibility index (Phi) is 9.54. The fourth-order valence-electron chi connectivity index (χ4n) is 4.14. The van der Waals surface area contributed by atoms with Crippen molar-refractivity contribution in [1.82, 2.24) is 10.2 Å². The van der Waals surface area contributed by atoms with Crippen molar-refractivity contribution in [1.29, 1.82) is 0 Å². The van der Waals surface area contributed by atoms with E-state index < -0.39 is 6.04 Å². The third kappa shape index (κ3) is 7.59. The van der Waals surface area contributed by atoms with Gasteiger partial charge >= 0.3 is 0 Å². The van der Waals surface area contributed by atoms with E-state index in [0.717, 1.165) is 27.8 Å². The molecule has 0 aliphatic rings. The highest BCUT2D eigenvalue weighted by molar-refractivity contribution is 6.30. The molecule has 0 saturated heterocycles. The van der Waals surface area contributed by atoms with Crippen molar-refractivity contribution in [2.45, 2.75) is 59.7 Å². The molecule has 3 rings (SSSR count).